The van der Waals surface area contributed by atoms with Gasteiger partial charge in [-0.2, -0.15) is 0 Å². The first kappa shape index (κ1) is 11.6. The summed E-state index contributed by atoms with van der Waals surface area (Å²) in [5, 5.41) is 0. The lowest BCUT2D eigenvalue weighted by Crippen LogP contribution is -2.32. The van der Waals surface area contributed by atoms with Crippen LogP contribution in [0.4, 0.5) is 0 Å². The van der Waals surface area contributed by atoms with Crippen LogP contribution in [0.5, 0.6) is 0 Å². The summed E-state index contributed by atoms with van der Waals surface area (Å²) in [5.74, 6) is 6.77. The first-order valence-electron chi connectivity index (χ1n) is 5.55. The van der Waals surface area contributed by atoms with Crippen LogP contribution in [0.3, 0.4) is 0 Å². The molecule has 1 aliphatic rings. The van der Waals surface area contributed by atoms with Gasteiger partial charge in [-0.25, -0.2) is 0 Å². The van der Waals surface area contributed by atoms with Crippen LogP contribution in [-0.4, -0.2) is 38.3 Å². The molecule has 0 unspecified atom stereocenters. The molecule has 0 aromatic heterocycles. The van der Waals surface area contributed by atoms with Crippen LogP contribution in [0.15, 0.2) is 0 Å². The van der Waals surface area contributed by atoms with Crippen molar-refractivity contribution in [1.29, 1.82) is 0 Å². The van der Waals surface area contributed by atoms with Crippen molar-refractivity contribution in [3.63, 3.8) is 0 Å². The Labute approximate surface area is 87.6 Å². The molecule has 0 aromatic rings. The standard InChI is InChI=1S/C12H21NO/c1-3-4-5-10-14-11-12-6-8-13(2)9-7-12/h12H,3,6-11H2,1-2H3. The van der Waals surface area contributed by atoms with Crippen molar-refractivity contribution in [2.45, 2.75) is 26.2 Å². The molecule has 1 fully saturated rings. The largest absolute Gasteiger partial charge is 0.368 e. The van der Waals surface area contributed by atoms with Crippen LogP contribution in [0.1, 0.15) is 26.2 Å². The molecular weight excluding hydrogens is 174 g/mol. The molecule has 0 aromatic carbocycles. The van der Waals surface area contributed by atoms with Crippen LogP contribution in [-0.2, 0) is 4.74 Å². The lowest BCUT2D eigenvalue weighted by Gasteiger charge is -2.28. The second kappa shape index (κ2) is 6.86. The second-order valence-corrected chi connectivity index (χ2v) is 3.97. The monoisotopic (exact) mass is 195 g/mol. The summed E-state index contributed by atoms with van der Waals surface area (Å²) in [6.07, 6.45) is 3.48. The molecule has 0 atom stereocenters. The van der Waals surface area contributed by atoms with Gasteiger partial charge in [0.15, 0.2) is 0 Å². The third-order valence-corrected chi connectivity index (χ3v) is 2.67. The summed E-state index contributed by atoms with van der Waals surface area (Å²) in [7, 11) is 2.18. The minimum atomic E-state index is 0.611. The minimum absolute atomic E-state index is 0.611. The van der Waals surface area contributed by atoms with E-state index in [1.165, 1.54) is 25.9 Å². The third-order valence-electron chi connectivity index (χ3n) is 2.67. The van der Waals surface area contributed by atoms with Gasteiger partial charge < -0.3 is 9.64 Å². The Morgan fingerprint density at radius 1 is 1.29 bits per heavy atom. The van der Waals surface area contributed by atoms with Gasteiger partial charge >= 0.3 is 0 Å². The summed E-state index contributed by atoms with van der Waals surface area (Å²) in [4.78, 5) is 2.38. The van der Waals surface area contributed by atoms with Gasteiger partial charge in [0, 0.05) is 6.42 Å². The Morgan fingerprint density at radius 3 is 2.64 bits per heavy atom. The molecule has 0 N–H and O–H groups in total. The maximum absolute atomic E-state index is 5.52. The highest BCUT2D eigenvalue weighted by Crippen LogP contribution is 2.15. The second-order valence-electron chi connectivity index (χ2n) is 3.97. The summed E-state index contributed by atoms with van der Waals surface area (Å²) in [5.41, 5.74) is 0. The van der Waals surface area contributed by atoms with E-state index in [2.05, 4.69) is 30.7 Å². The van der Waals surface area contributed by atoms with Crippen LogP contribution in [0.25, 0.3) is 0 Å². The molecule has 80 valence electrons. The number of piperidine rings is 1. The van der Waals surface area contributed by atoms with Crippen LogP contribution in [0, 0.1) is 17.8 Å². The topological polar surface area (TPSA) is 12.5 Å². The minimum Gasteiger partial charge on any atom is -0.368 e. The fraction of sp³-hybridized carbons (Fsp3) is 0.833. The van der Waals surface area contributed by atoms with Crippen LogP contribution >= 0.6 is 0 Å². The first-order chi connectivity index (χ1) is 6.83. The molecular formula is C12H21NO. The average Bonchev–Trinajstić information content (AvgIpc) is 2.21. The maximum Gasteiger partial charge on any atom is 0.107 e. The normalized spacial score (nSPS) is 19.0. The predicted octanol–water partition coefficient (Wildman–Crippen LogP) is 1.76. The zero-order valence-corrected chi connectivity index (χ0v) is 9.38. The molecule has 2 nitrogen and oxygen atoms in total. The summed E-state index contributed by atoms with van der Waals surface area (Å²) < 4.78 is 5.52. The van der Waals surface area contributed by atoms with Crippen molar-refractivity contribution in [3.05, 3.63) is 0 Å². The van der Waals surface area contributed by atoms with E-state index in [1.807, 2.05) is 0 Å². The highest BCUT2D eigenvalue weighted by molar-refractivity contribution is 4.97. The van der Waals surface area contributed by atoms with E-state index >= 15 is 0 Å². The van der Waals surface area contributed by atoms with Crippen molar-refractivity contribution < 1.29 is 4.74 Å². The Bertz CT molecular complexity index is 196. The molecule has 0 spiro atoms. The van der Waals surface area contributed by atoms with E-state index in [0.717, 1.165) is 18.9 Å². The Kier molecular flexibility index (Phi) is 5.66. The van der Waals surface area contributed by atoms with Crippen LogP contribution < -0.4 is 0 Å². The zero-order valence-electron chi connectivity index (χ0n) is 9.38. The van der Waals surface area contributed by atoms with Crippen molar-refractivity contribution in [1.82, 2.24) is 4.90 Å². The highest BCUT2D eigenvalue weighted by Gasteiger charge is 2.15. The van der Waals surface area contributed by atoms with Gasteiger partial charge in [0.1, 0.15) is 6.61 Å². The third kappa shape index (κ3) is 4.64. The first-order valence-corrected chi connectivity index (χ1v) is 5.55. The maximum atomic E-state index is 5.52. The quantitative estimate of drug-likeness (QED) is 0.502. The molecule has 0 saturated carbocycles. The van der Waals surface area contributed by atoms with E-state index in [9.17, 15) is 0 Å². The molecule has 1 heterocycles. The van der Waals surface area contributed by atoms with Gasteiger partial charge in [-0.1, -0.05) is 12.8 Å². The van der Waals surface area contributed by atoms with Crippen molar-refractivity contribution in [2.24, 2.45) is 5.92 Å². The van der Waals surface area contributed by atoms with Gasteiger partial charge in [-0.3, -0.25) is 0 Å². The highest BCUT2D eigenvalue weighted by atomic mass is 16.5. The molecule has 1 aliphatic heterocycles. The van der Waals surface area contributed by atoms with Crippen molar-refractivity contribution in [3.8, 4) is 11.8 Å². The molecule has 2 heteroatoms. The molecule has 0 aliphatic carbocycles. The van der Waals surface area contributed by atoms with Crippen molar-refractivity contribution in [2.75, 3.05) is 33.4 Å². The summed E-state index contributed by atoms with van der Waals surface area (Å²) in [6, 6.07) is 0. The number of nitrogens with zero attached hydrogens (tertiary/aromatic N) is 1. The Balaban J connectivity index is 2.02. The number of likely N-dealkylation sites (tertiary alicyclic amines) is 1. The van der Waals surface area contributed by atoms with E-state index in [-0.39, 0.29) is 0 Å². The van der Waals surface area contributed by atoms with E-state index in [1.54, 1.807) is 0 Å². The molecule has 0 bridgehead atoms. The Morgan fingerprint density at radius 2 is 2.00 bits per heavy atom. The molecule has 1 rings (SSSR count). The molecule has 1 saturated heterocycles. The Hall–Kier alpha value is -0.520. The molecule has 14 heavy (non-hydrogen) atoms. The SMILES string of the molecule is CCC#CCOCC1CCN(C)CC1. The lowest BCUT2D eigenvalue weighted by molar-refractivity contribution is 0.0915. The summed E-state index contributed by atoms with van der Waals surface area (Å²) in [6.45, 7) is 6.00. The van der Waals surface area contributed by atoms with Gasteiger partial charge in [0.05, 0.1) is 6.61 Å². The van der Waals surface area contributed by atoms with Gasteiger partial charge in [0.25, 0.3) is 0 Å². The predicted molar refractivity (Wildman–Crippen MR) is 59.1 cm³/mol. The number of ether oxygens (including phenoxy) is 1. The fourth-order valence-corrected chi connectivity index (χ4v) is 1.68. The van der Waals surface area contributed by atoms with E-state index < -0.39 is 0 Å². The smallest absolute Gasteiger partial charge is 0.107 e. The average molecular weight is 195 g/mol. The zero-order chi connectivity index (χ0) is 10.2. The number of rotatable bonds is 3. The van der Waals surface area contributed by atoms with E-state index in [0.29, 0.717) is 6.61 Å². The lowest BCUT2D eigenvalue weighted by atomic mass is 9.98. The van der Waals surface area contributed by atoms with E-state index in [4.69, 9.17) is 4.74 Å². The fourth-order valence-electron chi connectivity index (χ4n) is 1.68. The van der Waals surface area contributed by atoms with Gasteiger partial charge in [-0.05, 0) is 38.9 Å². The van der Waals surface area contributed by atoms with Gasteiger partial charge in [0.2, 0.25) is 0 Å². The van der Waals surface area contributed by atoms with Crippen LogP contribution in [0.2, 0.25) is 0 Å². The summed E-state index contributed by atoms with van der Waals surface area (Å²) >= 11 is 0. The molecule has 0 radical (unpaired) electrons. The number of hydrogen-bond donors (Lipinski definition) is 0. The van der Waals surface area contributed by atoms with Gasteiger partial charge in [-0.15, -0.1) is 5.92 Å². The molecule has 0 amide bonds. The number of hydrogen-bond acceptors (Lipinski definition) is 2. The van der Waals surface area contributed by atoms with Crippen molar-refractivity contribution >= 4 is 0 Å².